The van der Waals surface area contributed by atoms with E-state index in [2.05, 4.69) is 38.1 Å². The van der Waals surface area contributed by atoms with E-state index in [0.29, 0.717) is 20.1 Å². The third-order valence-corrected chi connectivity index (χ3v) is 16.7. The molecule has 0 N–H and O–H groups in total. The van der Waals surface area contributed by atoms with Crippen LogP contribution in [0.2, 0.25) is 20.1 Å². The van der Waals surface area contributed by atoms with Gasteiger partial charge in [0.15, 0.2) is 0 Å². The average Bonchev–Trinajstić information content (AvgIpc) is 3.50. The van der Waals surface area contributed by atoms with Crippen LogP contribution in [0.5, 0.6) is 0 Å². The van der Waals surface area contributed by atoms with Crippen molar-refractivity contribution in [3.8, 4) is 0 Å². The number of halogens is 4. The van der Waals surface area contributed by atoms with Gasteiger partial charge >= 0.3 is 11.9 Å². The first-order chi connectivity index (χ1) is 36.8. The summed E-state index contributed by atoms with van der Waals surface area (Å²) >= 11 is 28.8. The standard InChI is InChI=1S/2C30H31Cl2NO4S/c2*1-3-25(19-38-18-20-8-5-4-6-9-20)33-28(21-12-14-23(31)15-13-21)29(22-10-7-11-24(32)16-22)37-26(30(33)35)17-27(34)36-2/h2*4-16,25-26,28-29H,3,17-19H2,1-2H3/t25-,26+,28+,29+;25-,26-,28+,29+/m00/s1. The van der Waals surface area contributed by atoms with Crippen LogP contribution in [0.25, 0.3) is 0 Å². The molecule has 2 heterocycles. The fourth-order valence-electron chi connectivity index (χ4n) is 9.52. The van der Waals surface area contributed by atoms with Gasteiger partial charge in [-0.2, -0.15) is 23.5 Å². The molecule has 0 radical (unpaired) electrons. The second kappa shape index (κ2) is 29.1. The van der Waals surface area contributed by atoms with E-state index in [-0.39, 0.29) is 36.7 Å². The Morgan fingerprint density at radius 3 is 1.20 bits per heavy atom. The molecule has 2 amide bonds. The summed E-state index contributed by atoms with van der Waals surface area (Å²) in [5.41, 5.74) is 5.92. The highest BCUT2D eigenvalue weighted by Gasteiger charge is 2.49. The van der Waals surface area contributed by atoms with Crippen LogP contribution in [0.3, 0.4) is 0 Å². The number of nitrogens with zero attached hydrogens (tertiary/aromatic N) is 2. The minimum atomic E-state index is -0.969. The molecule has 0 aromatic heterocycles. The van der Waals surface area contributed by atoms with Gasteiger partial charge in [-0.3, -0.25) is 19.2 Å². The van der Waals surface area contributed by atoms with Crippen molar-refractivity contribution in [2.75, 3.05) is 25.7 Å². The quantitative estimate of drug-likeness (QED) is 0.0685. The molecular formula is C60H62Cl4N2O8S2. The van der Waals surface area contributed by atoms with E-state index in [0.717, 1.165) is 58.1 Å². The molecule has 0 aliphatic carbocycles. The zero-order chi connectivity index (χ0) is 54.1. The predicted molar refractivity (Wildman–Crippen MR) is 307 cm³/mol. The van der Waals surface area contributed by atoms with Gasteiger partial charge in [0.05, 0.1) is 39.1 Å². The number of esters is 2. The SMILES string of the molecule is CC[C@@H](CSCc1ccccc1)N1C(=O)[C@@H](CC(=O)OC)O[C@H](c2cccc(Cl)c2)[C@H]1c1ccc(Cl)cc1.CC[C@@H](CSCc1ccccc1)N1C(=O)[C@H](CC(=O)OC)O[C@H](c2cccc(Cl)c2)[C@H]1c1ccc(Cl)cc1. The van der Waals surface area contributed by atoms with Crippen LogP contribution in [0.1, 0.15) is 97.2 Å². The maximum Gasteiger partial charge on any atom is 0.308 e. The third-order valence-electron chi connectivity index (χ3n) is 13.4. The number of benzene rings is 6. The Morgan fingerprint density at radius 1 is 0.500 bits per heavy atom. The highest BCUT2D eigenvalue weighted by atomic mass is 35.5. The number of morpholine rings is 2. The molecule has 2 fully saturated rings. The van der Waals surface area contributed by atoms with Crippen molar-refractivity contribution in [3.05, 3.63) is 211 Å². The fourth-order valence-corrected chi connectivity index (χ4v) is 12.6. The molecule has 2 saturated heterocycles. The summed E-state index contributed by atoms with van der Waals surface area (Å²) in [7, 11) is 2.63. The molecule has 16 heteroatoms. The van der Waals surface area contributed by atoms with E-state index in [1.54, 1.807) is 35.7 Å². The first-order valence-corrected chi connectivity index (χ1v) is 29.0. The van der Waals surface area contributed by atoms with Crippen LogP contribution >= 0.6 is 69.9 Å². The van der Waals surface area contributed by atoms with Gasteiger partial charge in [0.2, 0.25) is 0 Å². The summed E-state index contributed by atoms with van der Waals surface area (Å²) in [5, 5.41) is 2.35. The van der Waals surface area contributed by atoms with Crippen molar-refractivity contribution in [2.45, 2.75) is 99.6 Å². The lowest BCUT2D eigenvalue weighted by atomic mass is 9.89. The normalized spacial score (nSPS) is 20.3. The largest absolute Gasteiger partial charge is 0.469 e. The van der Waals surface area contributed by atoms with Crippen molar-refractivity contribution in [3.63, 3.8) is 0 Å². The van der Waals surface area contributed by atoms with Gasteiger partial charge in [-0.25, -0.2) is 0 Å². The number of carbonyl (C=O) groups excluding carboxylic acids is 4. The van der Waals surface area contributed by atoms with Crippen LogP contribution < -0.4 is 0 Å². The minimum Gasteiger partial charge on any atom is -0.469 e. The number of rotatable bonds is 20. The molecule has 8 rings (SSSR count). The van der Waals surface area contributed by atoms with Gasteiger partial charge in [0.25, 0.3) is 11.8 Å². The Labute approximate surface area is 475 Å². The molecule has 8 atom stereocenters. The van der Waals surface area contributed by atoms with Gasteiger partial charge in [-0.1, -0.05) is 169 Å². The van der Waals surface area contributed by atoms with E-state index in [1.165, 1.54) is 25.3 Å². The lowest BCUT2D eigenvalue weighted by Gasteiger charge is -2.48. The minimum absolute atomic E-state index is 0.0948. The summed E-state index contributed by atoms with van der Waals surface area (Å²) in [6.45, 7) is 4.16. The van der Waals surface area contributed by atoms with Gasteiger partial charge in [-0.05, 0) is 94.8 Å². The maximum absolute atomic E-state index is 14.0. The topological polar surface area (TPSA) is 112 Å². The van der Waals surface area contributed by atoms with Crippen molar-refractivity contribution < 1.29 is 38.1 Å². The zero-order valence-electron chi connectivity index (χ0n) is 42.8. The van der Waals surface area contributed by atoms with Gasteiger partial charge < -0.3 is 28.7 Å². The van der Waals surface area contributed by atoms with Crippen LogP contribution in [0, 0.1) is 0 Å². The van der Waals surface area contributed by atoms with Gasteiger partial charge in [-0.15, -0.1) is 0 Å². The van der Waals surface area contributed by atoms with E-state index in [9.17, 15) is 19.2 Å². The summed E-state index contributed by atoms with van der Waals surface area (Å²) in [5.74, 6) is 1.70. The van der Waals surface area contributed by atoms with Gasteiger partial charge in [0, 0.05) is 55.2 Å². The van der Waals surface area contributed by atoms with Crippen molar-refractivity contribution in [1.29, 1.82) is 0 Å². The Bertz CT molecular complexity index is 2640. The second-order valence-corrected chi connectivity index (χ2v) is 22.2. The van der Waals surface area contributed by atoms with E-state index in [1.807, 2.05) is 131 Å². The van der Waals surface area contributed by atoms with Gasteiger partial charge in [0.1, 0.15) is 24.4 Å². The Balaban J connectivity index is 0.000000221. The summed E-state index contributed by atoms with van der Waals surface area (Å²) in [4.78, 5) is 56.5. The average molecular weight is 1150 g/mol. The van der Waals surface area contributed by atoms with E-state index in [4.69, 9.17) is 65.4 Å². The van der Waals surface area contributed by atoms with Crippen molar-refractivity contribution in [1.82, 2.24) is 9.80 Å². The summed E-state index contributed by atoms with van der Waals surface area (Å²) in [6, 6.07) is 49.4. The molecule has 10 nitrogen and oxygen atoms in total. The van der Waals surface area contributed by atoms with Crippen molar-refractivity contribution >= 4 is 93.7 Å². The van der Waals surface area contributed by atoms with Crippen LogP contribution in [-0.2, 0) is 49.6 Å². The van der Waals surface area contributed by atoms with Crippen LogP contribution in [0.15, 0.2) is 158 Å². The monoisotopic (exact) mass is 1140 g/mol. The number of thioether (sulfide) groups is 2. The summed E-state index contributed by atoms with van der Waals surface area (Å²) in [6.07, 6.45) is -1.87. The molecule has 76 heavy (non-hydrogen) atoms. The molecule has 0 unspecified atom stereocenters. The molecule has 0 bridgehead atoms. The number of methoxy groups -OCH3 is 2. The predicted octanol–water partition coefficient (Wildman–Crippen LogP) is 14.6. The number of hydrogen-bond donors (Lipinski definition) is 0. The van der Waals surface area contributed by atoms with Crippen LogP contribution in [0.4, 0.5) is 0 Å². The smallest absolute Gasteiger partial charge is 0.308 e. The van der Waals surface area contributed by atoms with Crippen molar-refractivity contribution in [2.24, 2.45) is 0 Å². The molecule has 2 aliphatic heterocycles. The second-order valence-electron chi connectivity index (χ2n) is 18.4. The summed E-state index contributed by atoms with van der Waals surface area (Å²) < 4.78 is 22.6. The first kappa shape index (κ1) is 58.7. The number of carbonyl (C=O) groups is 4. The molecule has 0 saturated carbocycles. The third kappa shape index (κ3) is 15.6. The molecular weight excluding hydrogens is 1080 g/mol. The lowest BCUT2D eigenvalue weighted by molar-refractivity contribution is -0.183. The Kier molecular flexibility index (Phi) is 22.5. The van der Waals surface area contributed by atoms with E-state index >= 15 is 0 Å². The molecule has 400 valence electrons. The maximum atomic E-state index is 14.0. The fraction of sp³-hybridized carbons (Fsp3) is 0.333. The number of amides is 2. The van der Waals surface area contributed by atoms with Crippen LogP contribution in [-0.4, -0.2) is 83.6 Å². The molecule has 0 spiro atoms. The lowest BCUT2D eigenvalue weighted by Crippen LogP contribution is -2.55. The Hall–Kier alpha value is -5.02. The van der Waals surface area contributed by atoms with E-state index < -0.39 is 48.4 Å². The molecule has 6 aromatic carbocycles. The highest BCUT2D eigenvalue weighted by molar-refractivity contribution is 7.98. The first-order valence-electron chi connectivity index (χ1n) is 25.2. The molecule has 6 aromatic rings. The highest BCUT2D eigenvalue weighted by Crippen LogP contribution is 2.47. The Morgan fingerprint density at radius 2 is 0.868 bits per heavy atom. The number of ether oxygens (including phenoxy) is 4. The zero-order valence-corrected chi connectivity index (χ0v) is 47.4. The number of hydrogen-bond acceptors (Lipinski definition) is 10. The molecule has 2 aliphatic rings.